The van der Waals surface area contributed by atoms with Gasteiger partial charge in [-0.1, -0.05) is 11.6 Å². The molecule has 2 aromatic rings. The predicted molar refractivity (Wildman–Crippen MR) is 67.2 cm³/mol. The number of hydrogen-bond acceptors (Lipinski definition) is 4. The van der Waals surface area contributed by atoms with Crippen LogP contribution in [0.2, 0.25) is 5.02 Å². The Morgan fingerprint density at radius 3 is 2.67 bits per heavy atom. The van der Waals surface area contributed by atoms with Crippen LogP contribution in [0.5, 0.6) is 0 Å². The lowest BCUT2D eigenvalue weighted by Crippen LogP contribution is -2.09. The van der Waals surface area contributed by atoms with Gasteiger partial charge in [-0.2, -0.15) is 5.10 Å². The van der Waals surface area contributed by atoms with Gasteiger partial charge in [-0.05, 0) is 32.0 Å². The molecule has 18 heavy (non-hydrogen) atoms. The molecule has 0 saturated heterocycles. The minimum Gasteiger partial charge on any atom is -0.464 e. The standard InChI is InChI=1S/C12H12ClN3O2/c1-7-6-8(2)16(15-7)10-5-4-9(13)11(14-10)12(17)18-3/h4-6H,1-3H3. The molecule has 0 saturated carbocycles. The van der Waals surface area contributed by atoms with Gasteiger partial charge in [0.15, 0.2) is 11.5 Å². The molecule has 0 radical (unpaired) electrons. The maximum absolute atomic E-state index is 11.5. The molecule has 0 fully saturated rings. The second-order valence-corrected chi connectivity index (χ2v) is 4.24. The molecule has 0 aliphatic heterocycles. The van der Waals surface area contributed by atoms with Gasteiger partial charge in [0.1, 0.15) is 0 Å². The number of ether oxygens (including phenoxy) is 1. The quantitative estimate of drug-likeness (QED) is 0.782. The van der Waals surface area contributed by atoms with Crippen LogP contribution < -0.4 is 0 Å². The van der Waals surface area contributed by atoms with E-state index in [0.29, 0.717) is 5.82 Å². The molecule has 2 rings (SSSR count). The third-order valence-electron chi connectivity index (χ3n) is 2.44. The van der Waals surface area contributed by atoms with E-state index in [1.807, 2.05) is 19.9 Å². The summed E-state index contributed by atoms with van der Waals surface area (Å²) < 4.78 is 6.28. The Balaban J connectivity index is 2.53. The summed E-state index contributed by atoms with van der Waals surface area (Å²) in [6.07, 6.45) is 0. The van der Waals surface area contributed by atoms with E-state index >= 15 is 0 Å². The van der Waals surface area contributed by atoms with Crippen LogP contribution in [-0.4, -0.2) is 27.8 Å². The average molecular weight is 266 g/mol. The molecule has 0 N–H and O–H groups in total. The van der Waals surface area contributed by atoms with Gasteiger partial charge in [-0.25, -0.2) is 14.5 Å². The Labute approximate surface area is 109 Å². The summed E-state index contributed by atoms with van der Waals surface area (Å²) in [6.45, 7) is 3.80. The molecule has 0 aromatic carbocycles. The number of halogens is 1. The first-order valence-corrected chi connectivity index (χ1v) is 5.69. The monoisotopic (exact) mass is 265 g/mol. The van der Waals surface area contributed by atoms with E-state index in [2.05, 4.69) is 14.8 Å². The molecular weight excluding hydrogens is 254 g/mol. The fourth-order valence-electron chi connectivity index (χ4n) is 1.65. The highest BCUT2D eigenvalue weighted by Gasteiger charge is 2.15. The van der Waals surface area contributed by atoms with Crippen molar-refractivity contribution in [1.82, 2.24) is 14.8 Å². The lowest BCUT2D eigenvalue weighted by molar-refractivity contribution is 0.0594. The first kappa shape index (κ1) is 12.6. The van der Waals surface area contributed by atoms with E-state index in [1.165, 1.54) is 7.11 Å². The number of pyridine rings is 1. The number of aromatic nitrogens is 3. The van der Waals surface area contributed by atoms with Gasteiger partial charge in [0.25, 0.3) is 0 Å². The van der Waals surface area contributed by atoms with E-state index in [-0.39, 0.29) is 10.7 Å². The molecule has 5 nitrogen and oxygen atoms in total. The third kappa shape index (κ3) is 2.22. The summed E-state index contributed by atoms with van der Waals surface area (Å²) >= 11 is 5.91. The van der Waals surface area contributed by atoms with Crippen molar-refractivity contribution >= 4 is 17.6 Å². The Morgan fingerprint density at radius 2 is 2.11 bits per heavy atom. The summed E-state index contributed by atoms with van der Waals surface area (Å²) in [4.78, 5) is 15.7. The number of carbonyl (C=O) groups excluding carboxylic acids is 1. The van der Waals surface area contributed by atoms with Crippen LogP contribution in [0.25, 0.3) is 5.82 Å². The lowest BCUT2D eigenvalue weighted by atomic mass is 10.3. The van der Waals surface area contributed by atoms with E-state index in [4.69, 9.17) is 11.6 Å². The smallest absolute Gasteiger partial charge is 0.358 e. The predicted octanol–water partition coefficient (Wildman–Crippen LogP) is 2.32. The molecule has 6 heteroatoms. The highest BCUT2D eigenvalue weighted by Crippen LogP contribution is 2.18. The van der Waals surface area contributed by atoms with Crippen LogP contribution >= 0.6 is 11.6 Å². The number of aryl methyl sites for hydroxylation is 2. The number of rotatable bonds is 2. The van der Waals surface area contributed by atoms with Crippen LogP contribution in [-0.2, 0) is 4.74 Å². The normalized spacial score (nSPS) is 10.4. The Kier molecular flexibility index (Phi) is 3.34. The zero-order valence-electron chi connectivity index (χ0n) is 10.3. The first-order chi connectivity index (χ1) is 8.52. The fourth-order valence-corrected chi connectivity index (χ4v) is 1.83. The van der Waals surface area contributed by atoms with Crippen molar-refractivity contribution in [2.24, 2.45) is 0 Å². The maximum atomic E-state index is 11.5. The minimum absolute atomic E-state index is 0.0872. The summed E-state index contributed by atoms with van der Waals surface area (Å²) in [5.41, 5.74) is 1.89. The summed E-state index contributed by atoms with van der Waals surface area (Å²) in [7, 11) is 1.29. The van der Waals surface area contributed by atoms with Crippen molar-refractivity contribution < 1.29 is 9.53 Å². The number of hydrogen-bond donors (Lipinski definition) is 0. The first-order valence-electron chi connectivity index (χ1n) is 5.31. The molecule has 0 bridgehead atoms. The Morgan fingerprint density at radius 1 is 1.39 bits per heavy atom. The van der Waals surface area contributed by atoms with Crippen molar-refractivity contribution in [1.29, 1.82) is 0 Å². The molecule has 0 aliphatic carbocycles. The Hall–Kier alpha value is -1.88. The van der Waals surface area contributed by atoms with E-state index < -0.39 is 5.97 Å². The SMILES string of the molecule is COC(=O)c1nc(-n2nc(C)cc2C)ccc1Cl. The molecule has 0 spiro atoms. The fraction of sp³-hybridized carbons (Fsp3) is 0.250. The van der Waals surface area contributed by atoms with Crippen LogP contribution in [0, 0.1) is 13.8 Å². The van der Waals surface area contributed by atoms with Crippen LogP contribution in [0.4, 0.5) is 0 Å². The maximum Gasteiger partial charge on any atom is 0.358 e. The molecule has 0 aliphatic rings. The summed E-state index contributed by atoms with van der Waals surface area (Å²) in [5, 5.41) is 4.55. The van der Waals surface area contributed by atoms with Crippen LogP contribution in [0.1, 0.15) is 21.9 Å². The Bertz CT molecular complexity index is 607. The average Bonchev–Trinajstić information content (AvgIpc) is 2.68. The van der Waals surface area contributed by atoms with Crippen LogP contribution in [0.15, 0.2) is 18.2 Å². The molecule has 2 heterocycles. The highest BCUT2D eigenvalue weighted by atomic mass is 35.5. The number of nitrogens with zero attached hydrogens (tertiary/aromatic N) is 3. The topological polar surface area (TPSA) is 57.0 Å². The van der Waals surface area contributed by atoms with Gasteiger partial charge in [0.05, 0.1) is 17.8 Å². The van der Waals surface area contributed by atoms with Crippen molar-refractivity contribution in [3.8, 4) is 5.82 Å². The van der Waals surface area contributed by atoms with Crippen molar-refractivity contribution in [3.63, 3.8) is 0 Å². The molecule has 0 atom stereocenters. The number of esters is 1. The van der Waals surface area contributed by atoms with Gasteiger partial charge >= 0.3 is 5.97 Å². The van der Waals surface area contributed by atoms with Crippen molar-refractivity contribution in [2.45, 2.75) is 13.8 Å². The van der Waals surface area contributed by atoms with Gasteiger partial charge in [0.2, 0.25) is 0 Å². The van der Waals surface area contributed by atoms with Crippen LogP contribution in [0.3, 0.4) is 0 Å². The number of carbonyl (C=O) groups is 1. The van der Waals surface area contributed by atoms with Gasteiger partial charge in [0, 0.05) is 5.69 Å². The highest BCUT2D eigenvalue weighted by molar-refractivity contribution is 6.33. The van der Waals surface area contributed by atoms with Gasteiger partial charge in [-0.3, -0.25) is 0 Å². The second kappa shape index (κ2) is 4.78. The third-order valence-corrected chi connectivity index (χ3v) is 2.74. The van der Waals surface area contributed by atoms with Crippen molar-refractivity contribution in [2.75, 3.05) is 7.11 Å². The van der Waals surface area contributed by atoms with Gasteiger partial charge < -0.3 is 4.74 Å². The molecular formula is C12H12ClN3O2. The van der Waals surface area contributed by atoms with E-state index in [9.17, 15) is 4.79 Å². The van der Waals surface area contributed by atoms with Crippen molar-refractivity contribution in [3.05, 3.63) is 40.3 Å². The largest absolute Gasteiger partial charge is 0.464 e. The van der Waals surface area contributed by atoms with E-state index in [1.54, 1.807) is 16.8 Å². The second-order valence-electron chi connectivity index (χ2n) is 3.83. The number of methoxy groups -OCH3 is 1. The van der Waals surface area contributed by atoms with Gasteiger partial charge in [-0.15, -0.1) is 0 Å². The zero-order valence-corrected chi connectivity index (χ0v) is 11.0. The zero-order chi connectivity index (χ0) is 13.3. The minimum atomic E-state index is -0.566. The molecule has 0 amide bonds. The molecule has 0 unspecified atom stereocenters. The molecule has 2 aromatic heterocycles. The lowest BCUT2D eigenvalue weighted by Gasteiger charge is -2.06. The summed E-state index contributed by atoms with van der Waals surface area (Å²) in [6, 6.07) is 5.23. The molecule has 94 valence electrons. The van der Waals surface area contributed by atoms with E-state index in [0.717, 1.165) is 11.4 Å². The summed E-state index contributed by atoms with van der Waals surface area (Å²) in [5.74, 6) is -0.0335.